The van der Waals surface area contributed by atoms with Crippen LogP contribution >= 0.6 is 0 Å². The number of nitrogens with zero attached hydrogens (tertiary/aromatic N) is 4. The van der Waals surface area contributed by atoms with Crippen LogP contribution in [0.1, 0.15) is 17.8 Å². The van der Waals surface area contributed by atoms with E-state index >= 15 is 0 Å². The highest BCUT2D eigenvalue weighted by atomic mass is 19.1. The van der Waals surface area contributed by atoms with Crippen molar-refractivity contribution in [3.8, 4) is 11.5 Å². The Hall–Kier alpha value is -3.62. The number of halogens is 1. The highest BCUT2D eigenvalue weighted by Crippen LogP contribution is 2.32. The van der Waals surface area contributed by atoms with Crippen LogP contribution in [-0.2, 0) is 20.0 Å². The molecular formula is C22H25FN6O2. The molecule has 3 aromatic rings. The highest BCUT2D eigenvalue weighted by molar-refractivity contribution is 5.93. The van der Waals surface area contributed by atoms with Gasteiger partial charge < -0.3 is 24.7 Å². The molecule has 4 rings (SSSR count). The van der Waals surface area contributed by atoms with Crippen LogP contribution in [0.4, 0.5) is 10.1 Å². The quantitative estimate of drug-likeness (QED) is 0.468. The molecule has 8 nitrogen and oxygen atoms in total. The van der Waals surface area contributed by atoms with Crippen molar-refractivity contribution in [2.45, 2.75) is 19.4 Å². The maximum Gasteiger partial charge on any atom is 0.196 e. The lowest BCUT2D eigenvalue weighted by atomic mass is 10.1. The number of hydrogen-bond donors (Lipinski definition) is 2. The number of anilines is 1. The number of aryl methyl sites for hydroxylation is 1. The standard InChI is InChI=1S/C22H25FN6O2/c1-29-15-26-28-21(29)14-25-22(24-10-9-16-5-2-3-6-18(16)23)27-17-7-8-19-20(13-17)31-12-4-11-30-19/h2-3,5-8,13,15H,4,9-12,14H2,1H3,(H2,24,25,27). The van der Waals surface area contributed by atoms with Crippen LogP contribution in [0, 0.1) is 5.82 Å². The van der Waals surface area contributed by atoms with Crippen LogP contribution in [-0.4, -0.2) is 40.5 Å². The molecule has 0 saturated heterocycles. The van der Waals surface area contributed by atoms with Gasteiger partial charge in [-0.2, -0.15) is 0 Å². The summed E-state index contributed by atoms with van der Waals surface area (Å²) < 4.78 is 27.2. The summed E-state index contributed by atoms with van der Waals surface area (Å²) in [5.74, 6) is 2.50. The van der Waals surface area contributed by atoms with E-state index in [4.69, 9.17) is 9.47 Å². The Morgan fingerprint density at radius 1 is 1.16 bits per heavy atom. The van der Waals surface area contributed by atoms with Crippen LogP contribution < -0.4 is 20.1 Å². The minimum atomic E-state index is -0.210. The fraction of sp³-hybridized carbons (Fsp3) is 0.318. The van der Waals surface area contributed by atoms with Gasteiger partial charge in [0.15, 0.2) is 23.3 Å². The smallest absolute Gasteiger partial charge is 0.196 e. The second-order valence-corrected chi connectivity index (χ2v) is 7.13. The van der Waals surface area contributed by atoms with E-state index in [0.717, 1.165) is 23.7 Å². The van der Waals surface area contributed by atoms with Crippen LogP contribution in [0.15, 0.2) is 53.8 Å². The van der Waals surface area contributed by atoms with Crippen molar-refractivity contribution in [2.24, 2.45) is 12.0 Å². The Balaban J connectivity index is 1.47. The first-order chi connectivity index (χ1) is 15.2. The molecular weight excluding hydrogens is 399 g/mol. The number of rotatable bonds is 6. The van der Waals surface area contributed by atoms with Crippen LogP contribution in [0.25, 0.3) is 0 Å². The van der Waals surface area contributed by atoms with Gasteiger partial charge in [0.2, 0.25) is 0 Å². The molecule has 0 fully saturated rings. The van der Waals surface area contributed by atoms with Gasteiger partial charge in [0.1, 0.15) is 18.7 Å². The van der Waals surface area contributed by atoms with E-state index in [1.54, 1.807) is 18.5 Å². The van der Waals surface area contributed by atoms with Crippen molar-refractivity contribution in [1.29, 1.82) is 0 Å². The van der Waals surface area contributed by atoms with Crippen LogP contribution in [0.2, 0.25) is 0 Å². The maximum absolute atomic E-state index is 13.9. The molecule has 0 amide bonds. The van der Waals surface area contributed by atoms with Gasteiger partial charge in [-0.15, -0.1) is 10.2 Å². The van der Waals surface area contributed by atoms with E-state index in [-0.39, 0.29) is 5.82 Å². The first-order valence-corrected chi connectivity index (χ1v) is 10.2. The predicted octanol–water partition coefficient (Wildman–Crippen LogP) is 2.92. The molecule has 162 valence electrons. The summed E-state index contributed by atoms with van der Waals surface area (Å²) in [7, 11) is 1.87. The predicted molar refractivity (Wildman–Crippen MR) is 116 cm³/mol. The topological polar surface area (TPSA) is 85.6 Å². The summed E-state index contributed by atoms with van der Waals surface area (Å²) in [4.78, 5) is 4.61. The number of ether oxygens (including phenoxy) is 2. The summed E-state index contributed by atoms with van der Waals surface area (Å²) in [5.41, 5.74) is 1.46. The number of hydrogen-bond acceptors (Lipinski definition) is 5. The Morgan fingerprint density at radius 3 is 2.81 bits per heavy atom. The molecule has 9 heteroatoms. The largest absolute Gasteiger partial charge is 0.490 e. The fourth-order valence-electron chi connectivity index (χ4n) is 3.13. The second-order valence-electron chi connectivity index (χ2n) is 7.13. The molecule has 0 bridgehead atoms. The Labute approximate surface area is 180 Å². The summed E-state index contributed by atoms with van der Waals surface area (Å²) in [6, 6.07) is 12.4. The van der Waals surface area contributed by atoms with Crippen molar-refractivity contribution >= 4 is 11.6 Å². The van der Waals surface area contributed by atoms with Gasteiger partial charge in [-0.25, -0.2) is 9.38 Å². The number of benzene rings is 2. The average Bonchev–Trinajstić information content (AvgIpc) is 3.04. The van der Waals surface area contributed by atoms with Gasteiger partial charge >= 0.3 is 0 Å². The van der Waals surface area contributed by atoms with Crippen molar-refractivity contribution in [3.63, 3.8) is 0 Å². The van der Waals surface area contributed by atoms with E-state index in [2.05, 4.69) is 25.8 Å². The zero-order valence-electron chi connectivity index (χ0n) is 17.3. The van der Waals surface area contributed by atoms with Crippen molar-refractivity contribution in [2.75, 3.05) is 25.1 Å². The summed E-state index contributed by atoms with van der Waals surface area (Å²) in [5, 5.41) is 14.5. The number of aromatic nitrogens is 3. The monoisotopic (exact) mass is 424 g/mol. The van der Waals surface area contributed by atoms with Crippen molar-refractivity contribution < 1.29 is 13.9 Å². The first-order valence-electron chi connectivity index (χ1n) is 10.2. The van der Waals surface area contributed by atoms with Gasteiger partial charge in [-0.05, 0) is 30.2 Å². The fourth-order valence-corrected chi connectivity index (χ4v) is 3.13. The Morgan fingerprint density at radius 2 is 2.00 bits per heavy atom. The summed E-state index contributed by atoms with van der Waals surface area (Å²) in [6.45, 7) is 2.11. The minimum absolute atomic E-state index is 0.210. The van der Waals surface area contributed by atoms with Gasteiger partial charge in [-0.1, -0.05) is 18.2 Å². The second kappa shape index (κ2) is 9.92. The normalized spacial score (nSPS) is 13.5. The zero-order valence-corrected chi connectivity index (χ0v) is 17.3. The number of aliphatic imine (C=N–C) groups is 1. The third-order valence-corrected chi connectivity index (χ3v) is 4.84. The van der Waals surface area contributed by atoms with Gasteiger partial charge in [-0.3, -0.25) is 0 Å². The van der Waals surface area contributed by atoms with E-state index in [0.29, 0.717) is 50.0 Å². The number of fused-ring (bicyclic) bond motifs is 1. The molecule has 0 aliphatic carbocycles. The average molecular weight is 424 g/mol. The van der Waals surface area contributed by atoms with Crippen molar-refractivity contribution in [3.05, 3.63) is 66.0 Å². The Kier molecular flexibility index (Phi) is 6.61. The van der Waals surface area contributed by atoms with Gasteiger partial charge in [0.05, 0.1) is 13.2 Å². The molecule has 0 atom stereocenters. The minimum Gasteiger partial charge on any atom is -0.490 e. The lowest BCUT2D eigenvalue weighted by molar-refractivity contribution is 0.297. The molecule has 0 radical (unpaired) electrons. The van der Waals surface area contributed by atoms with Gasteiger partial charge in [0, 0.05) is 31.8 Å². The zero-order chi connectivity index (χ0) is 21.5. The Bertz CT molecular complexity index is 1050. The van der Waals surface area contributed by atoms with E-state index in [1.807, 2.05) is 35.9 Å². The van der Waals surface area contributed by atoms with Crippen molar-refractivity contribution in [1.82, 2.24) is 20.1 Å². The SMILES string of the molecule is Cn1cnnc1CN=C(NCCc1ccccc1F)Nc1ccc2c(c1)OCCCO2. The van der Waals surface area contributed by atoms with Crippen LogP contribution in [0.3, 0.4) is 0 Å². The molecule has 1 aliphatic rings. The molecule has 1 aliphatic heterocycles. The lowest BCUT2D eigenvalue weighted by Gasteiger charge is -2.15. The van der Waals surface area contributed by atoms with Crippen LogP contribution in [0.5, 0.6) is 11.5 Å². The number of nitrogens with one attached hydrogen (secondary N) is 2. The third-order valence-electron chi connectivity index (χ3n) is 4.84. The molecule has 1 aromatic heterocycles. The molecule has 0 unspecified atom stereocenters. The third kappa shape index (κ3) is 5.50. The molecule has 2 aromatic carbocycles. The lowest BCUT2D eigenvalue weighted by Crippen LogP contribution is -2.32. The molecule has 31 heavy (non-hydrogen) atoms. The first kappa shape index (κ1) is 20.6. The van der Waals surface area contributed by atoms with E-state index in [9.17, 15) is 4.39 Å². The maximum atomic E-state index is 13.9. The molecule has 2 N–H and O–H groups in total. The molecule has 0 spiro atoms. The highest BCUT2D eigenvalue weighted by Gasteiger charge is 2.12. The summed E-state index contributed by atoms with van der Waals surface area (Å²) >= 11 is 0. The number of guanidine groups is 1. The van der Waals surface area contributed by atoms with Gasteiger partial charge in [0.25, 0.3) is 0 Å². The molecule has 2 heterocycles. The van der Waals surface area contributed by atoms with E-state index in [1.165, 1.54) is 6.07 Å². The molecule has 0 saturated carbocycles. The summed E-state index contributed by atoms with van der Waals surface area (Å²) in [6.07, 6.45) is 3.01. The van der Waals surface area contributed by atoms with E-state index < -0.39 is 0 Å².